The molecule has 1 heterocycles. The van der Waals surface area contributed by atoms with Gasteiger partial charge in [-0.25, -0.2) is 0 Å². The number of rotatable bonds is 8. The van der Waals surface area contributed by atoms with Crippen LogP contribution in [0, 0.1) is 0 Å². The molecule has 0 radical (unpaired) electrons. The summed E-state index contributed by atoms with van der Waals surface area (Å²) in [5.41, 5.74) is 6.45. The lowest BCUT2D eigenvalue weighted by molar-refractivity contribution is -0.116. The van der Waals surface area contributed by atoms with Crippen molar-refractivity contribution in [2.75, 3.05) is 26.6 Å². The van der Waals surface area contributed by atoms with E-state index >= 15 is 0 Å². The molecule has 0 saturated heterocycles. The van der Waals surface area contributed by atoms with Gasteiger partial charge in [0.25, 0.3) is 5.91 Å². The van der Waals surface area contributed by atoms with Crippen LogP contribution in [0.1, 0.15) is 68.1 Å². The molecule has 3 aromatic rings. The maximum Gasteiger partial charge on any atom is 0.254 e. The number of para-hydroxylation sites is 2. The highest BCUT2D eigenvalue weighted by Gasteiger charge is 2.41. The number of methoxy groups -OCH3 is 3. The number of hydrogen-bond donors (Lipinski definition) is 2. The van der Waals surface area contributed by atoms with E-state index in [0.29, 0.717) is 52.8 Å². The Bertz CT molecular complexity index is 1570. The molecule has 7 nitrogen and oxygen atoms in total. The summed E-state index contributed by atoms with van der Waals surface area (Å²) in [6.07, 6.45) is 0.965. The van der Waals surface area contributed by atoms with E-state index in [4.69, 9.17) is 14.2 Å². The summed E-state index contributed by atoms with van der Waals surface area (Å²) in [7, 11) is 4.79. The number of ketones is 1. The van der Waals surface area contributed by atoms with Crippen LogP contribution in [0.15, 0.2) is 89.3 Å². The van der Waals surface area contributed by atoms with Gasteiger partial charge < -0.3 is 24.8 Å². The van der Waals surface area contributed by atoms with Gasteiger partial charge in [0.1, 0.15) is 5.75 Å². The van der Waals surface area contributed by atoms with E-state index in [-0.39, 0.29) is 17.6 Å². The van der Waals surface area contributed by atoms with Crippen molar-refractivity contribution in [2.45, 2.75) is 51.4 Å². The first-order valence-corrected chi connectivity index (χ1v) is 14.3. The monoisotopic (exact) mass is 566 g/mol. The van der Waals surface area contributed by atoms with E-state index in [2.05, 4.69) is 36.6 Å². The highest BCUT2D eigenvalue weighted by atomic mass is 16.5. The van der Waals surface area contributed by atoms with Crippen LogP contribution in [-0.4, -0.2) is 33.0 Å². The molecule has 3 aromatic carbocycles. The molecular formula is C35H38N2O5. The van der Waals surface area contributed by atoms with Crippen molar-refractivity contribution in [2.24, 2.45) is 0 Å². The fourth-order valence-electron chi connectivity index (χ4n) is 6.03. The SMILES string of the molecule is COc1ccccc1NC(=O)C1=C(C)NC2=C(C(=O)C[C@H](c3ccc(OC)c(OC)c3)C2)[C@H]1c1ccc(C(C)C)cc1. The molecule has 0 saturated carbocycles. The molecule has 0 fully saturated rings. The molecule has 1 aliphatic heterocycles. The quantitative estimate of drug-likeness (QED) is 0.311. The normalized spacial score (nSPS) is 18.4. The summed E-state index contributed by atoms with van der Waals surface area (Å²) in [6, 6.07) is 21.4. The van der Waals surface area contributed by atoms with Crippen LogP contribution in [0.4, 0.5) is 5.69 Å². The molecule has 0 spiro atoms. The third kappa shape index (κ3) is 5.51. The van der Waals surface area contributed by atoms with Crippen LogP contribution in [-0.2, 0) is 9.59 Å². The van der Waals surface area contributed by atoms with E-state index in [1.807, 2.05) is 49.4 Å². The van der Waals surface area contributed by atoms with E-state index in [1.54, 1.807) is 33.5 Å². The molecule has 2 N–H and O–H groups in total. The van der Waals surface area contributed by atoms with Crippen molar-refractivity contribution >= 4 is 17.4 Å². The molecule has 0 aromatic heterocycles. The maximum atomic E-state index is 14.1. The Labute approximate surface area is 247 Å². The topological polar surface area (TPSA) is 85.9 Å². The smallest absolute Gasteiger partial charge is 0.254 e. The molecule has 42 heavy (non-hydrogen) atoms. The number of allylic oxidation sites excluding steroid dienone is 3. The second-order valence-corrected chi connectivity index (χ2v) is 11.1. The first-order chi connectivity index (χ1) is 20.2. The third-order valence-corrected chi connectivity index (χ3v) is 8.24. The molecule has 0 unspecified atom stereocenters. The molecule has 5 rings (SSSR count). The zero-order valence-corrected chi connectivity index (χ0v) is 25.0. The van der Waals surface area contributed by atoms with Gasteiger partial charge in [0.05, 0.1) is 27.0 Å². The number of carbonyl (C=O) groups is 2. The Morgan fingerprint density at radius 1 is 0.857 bits per heavy atom. The van der Waals surface area contributed by atoms with Gasteiger partial charge in [0.15, 0.2) is 17.3 Å². The average molecular weight is 567 g/mol. The molecule has 1 aliphatic carbocycles. The summed E-state index contributed by atoms with van der Waals surface area (Å²) >= 11 is 0. The Hall–Kier alpha value is -4.52. The van der Waals surface area contributed by atoms with Crippen molar-refractivity contribution in [3.05, 3.63) is 106 Å². The minimum atomic E-state index is -0.504. The van der Waals surface area contributed by atoms with Gasteiger partial charge in [-0.15, -0.1) is 0 Å². The molecular weight excluding hydrogens is 528 g/mol. The predicted octanol–water partition coefficient (Wildman–Crippen LogP) is 6.84. The highest BCUT2D eigenvalue weighted by molar-refractivity contribution is 6.10. The van der Waals surface area contributed by atoms with Crippen LogP contribution in [0.5, 0.6) is 17.2 Å². The number of nitrogens with one attached hydrogen (secondary N) is 2. The minimum Gasteiger partial charge on any atom is -0.495 e. The predicted molar refractivity (Wildman–Crippen MR) is 164 cm³/mol. The molecule has 1 amide bonds. The van der Waals surface area contributed by atoms with E-state index in [1.165, 1.54) is 5.56 Å². The molecule has 218 valence electrons. The van der Waals surface area contributed by atoms with E-state index < -0.39 is 5.92 Å². The van der Waals surface area contributed by atoms with Gasteiger partial charge in [-0.05, 0) is 66.1 Å². The lowest BCUT2D eigenvalue weighted by Gasteiger charge is -2.37. The number of ether oxygens (including phenoxy) is 3. The standard InChI is InChI=1S/C35H38N2O5/c1-20(2)22-11-13-23(14-12-22)33-32(35(39)37-26-9-7-8-10-29(26)40-4)21(3)36-27-17-25(18-28(38)34(27)33)24-15-16-30(41-5)31(19-24)42-6/h7-16,19-20,25,33,36H,17-18H2,1-6H3,(H,37,39)/t25-,33+/m1/s1. The zero-order valence-electron chi connectivity index (χ0n) is 25.0. The summed E-state index contributed by atoms with van der Waals surface area (Å²) in [4.78, 5) is 28.0. The number of amides is 1. The first-order valence-electron chi connectivity index (χ1n) is 14.3. The lowest BCUT2D eigenvalue weighted by Crippen LogP contribution is -2.37. The number of carbonyl (C=O) groups excluding carboxylic acids is 2. The van der Waals surface area contributed by atoms with Crippen LogP contribution in [0.25, 0.3) is 0 Å². The fourth-order valence-corrected chi connectivity index (χ4v) is 6.03. The van der Waals surface area contributed by atoms with Gasteiger partial charge in [0.2, 0.25) is 0 Å². The molecule has 2 atom stereocenters. The zero-order chi connectivity index (χ0) is 30.0. The largest absolute Gasteiger partial charge is 0.495 e. The minimum absolute atomic E-state index is 0.0246. The highest BCUT2D eigenvalue weighted by Crippen LogP contribution is 2.46. The van der Waals surface area contributed by atoms with Crippen molar-refractivity contribution in [3.63, 3.8) is 0 Å². The molecule has 2 aliphatic rings. The van der Waals surface area contributed by atoms with Crippen LogP contribution in [0.3, 0.4) is 0 Å². The van der Waals surface area contributed by atoms with Crippen molar-refractivity contribution < 1.29 is 23.8 Å². The maximum absolute atomic E-state index is 14.1. The van der Waals surface area contributed by atoms with E-state index in [0.717, 1.165) is 22.5 Å². The third-order valence-electron chi connectivity index (χ3n) is 8.24. The number of dihydropyridines is 1. The van der Waals surface area contributed by atoms with Gasteiger partial charge in [-0.1, -0.05) is 56.3 Å². The Morgan fingerprint density at radius 2 is 1.52 bits per heavy atom. The van der Waals surface area contributed by atoms with Crippen molar-refractivity contribution in [1.82, 2.24) is 5.32 Å². The number of anilines is 1. The van der Waals surface area contributed by atoms with Crippen LogP contribution in [0.2, 0.25) is 0 Å². The molecule has 0 bridgehead atoms. The lowest BCUT2D eigenvalue weighted by atomic mass is 9.71. The van der Waals surface area contributed by atoms with Crippen LogP contribution < -0.4 is 24.8 Å². The van der Waals surface area contributed by atoms with Gasteiger partial charge in [-0.2, -0.15) is 0 Å². The van der Waals surface area contributed by atoms with Gasteiger partial charge in [0, 0.05) is 34.9 Å². The summed E-state index contributed by atoms with van der Waals surface area (Å²) < 4.78 is 16.4. The second kappa shape index (κ2) is 12.1. The number of Topliss-reactive ketones (excluding diaryl/α,β-unsaturated/α-hetero) is 1. The van der Waals surface area contributed by atoms with Gasteiger partial charge in [-0.3, -0.25) is 9.59 Å². The average Bonchev–Trinajstić information content (AvgIpc) is 3.00. The number of benzene rings is 3. The Balaban J connectivity index is 1.56. The second-order valence-electron chi connectivity index (χ2n) is 11.1. The Kier molecular flexibility index (Phi) is 8.39. The first kappa shape index (κ1) is 29.0. The van der Waals surface area contributed by atoms with Gasteiger partial charge >= 0.3 is 0 Å². The van der Waals surface area contributed by atoms with Crippen molar-refractivity contribution in [1.29, 1.82) is 0 Å². The number of hydrogen-bond acceptors (Lipinski definition) is 6. The Morgan fingerprint density at radius 3 is 2.19 bits per heavy atom. The summed E-state index contributed by atoms with van der Waals surface area (Å²) in [6.45, 7) is 6.20. The van der Waals surface area contributed by atoms with Crippen LogP contribution >= 0.6 is 0 Å². The summed E-state index contributed by atoms with van der Waals surface area (Å²) in [5.74, 6) is 1.42. The van der Waals surface area contributed by atoms with E-state index in [9.17, 15) is 9.59 Å². The fraction of sp³-hybridized carbons (Fsp3) is 0.314. The molecule has 7 heteroatoms. The summed E-state index contributed by atoms with van der Waals surface area (Å²) in [5, 5.41) is 6.50. The van der Waals surface area contributed by atoms with Crippen molar-refractivity contribution in [3.8, 4) is 17.2 Å².